The summed E-state index contributed by atoms with van der Waals surface area (Å²) in [4.78, 5) is 0. The lowest BCUT2D eigenvalue weighted by Gasteiger charge is -2.14. The van der Waals surface area contributed by atoms with E-state index in [1.807, 2.05) is 67.6 Å². The lowest BCUT2D eigenvalue weighted by Crippen LogP contribution is -2.05. The Labute approximate surface area is 181 Å². The quantitative estimate of drug-likeness (QED) is 0.330. The highest BCUT2D eigenvalue weighted by molar-refractivity contribution is 6.32. The fraction of sp³-hybridized carbons (Fsp3) is 0.174. The summed E-state index contributed by atoms with van der Waals surface area (Å²) in [6.07, 6.45) is 1.70. The van der Waals surface area contributed by atoms with E-state index in [0.29, 0.717) is 41.3 Å². The Balaban J connectivity index is 1.66. The van der Waals surface area contributed by atoms with Gasteiger partial charge in [0.2, 0.25) is 0 Å². The lowest BCUT2D eigenvalue weighted by molar-refractivity contribution is 0.269. The molecule has 1 N–H and O–H groups in total. The predicted octanol–water partition coefficient (Wildman–Crippen LogP) is 6.09. The van der Waals surface area contributed by atoms with Crippen molar-refractivity contribution in [3.63, 3.8) is 0 Å². The standard InChI is InChI=1S/C23H22Cl2N2O2/c1-2-28-22-13-19(15-27-26-14-17-8-10-20(24)11-9-17)12-21(25)23(22)29-16-18-6-4-3-5-7-18/h3-13,15,26H,2,14,16H2,1H3/b27-15-. The number of halogens is 2. The van der Waals surface area contributed by atoms with Gasteiger partial charge in [-0.2, -0.15) is 5.10 Å². The summed E-state index contributed by atoms with van der Waals surface area (Å²) in [6.45, 7) is 3.44. The van der Waals surface area contributed by atoms with Crippen LogP contribution in [0.15, 0.2) is 71.8 Å². The maximum absolute atomic E-state index is 6.46. The molecule has 0 atom stereocenters. The van der Waals surface area contributed by atoms with Crippen LogP contribution in [-0.2, 0) is 13.2 Å². The van der Waals surface area contributed by atoms with Crippen LogP contribution in [0.4, 0.5) is 0 Å². The Hall–Kier alpha value is -2.69. The molecule has 0 unspecified atom stereocenters. The Morgan fingerprint density at radius 1 is 0.931 bits per heavy atom. The summed E-state index contributed by atoms with van der Waals surface area (Å²) in [6, 6.07) is 21.2. The number of nitrogens with zero attached hydrogens (tertiary/aromatic N) is 1. The molecule has 0 aliphatic carbocycles. The molecular weight excluding hydrogens is 407 g/mol. The number of rotatable bonds is 9. The fourth-order valence-electron chi connectivity index (χ4n) is 2.65. The van der Waals surface area contributed by atoms with E-state index in [1.165, 1.54) is 0 Å². The van der Waals surface area contributed by atoms with E-state index in [9.17, 15) is 0 Å². The van der Waals surface area contributed by atoms with Crippen molar-refractivity contribution in [1.29, 1.82) is 0 Å². The van der Waals surface area contributed by atoms with Crippen molar-refractivity contribution in [3.05, 3.63) is 93.5 Å². The Morgan fingerprint density at radius 3 is 2.41 bits per heavy atom. The third-order valence-electron chi connectivity index (χ3n) is 4.06. The SMILES string of the molecule is CCOc1cc(/C=N\NCc2ccc(Cl)cc2)cc(Cl)c1OCc1ccccc1. The molecule has 0 saturated heterocycles. The molecule has 0 saturated carbocycles. The van der Waals surface area contributed by atoms with Crippen LogP contribution in [-0.4, -0.2) is 12.8 Å². The van der Waals surface area contributed by atoms with Gasteiger partial charge >= 0.3 is 0 Å². The van der Waals surface area contributed by atoms with Crippen LogP contribution < -0.4 is 14.9 Å². The second kappa shape index (κ2) is 10.7. The van der Waals surface area contributed by atoms with Crippen LogP contribution in [0.3, 0.4) is 0 Å². The van der Waals surface area contributed by atoms with Crippen molar-refractivity contribution in [2.45, 2.75) is 20.1 Å². The summed E-state index contributed by atoms with van der Waals surface area (Å²) in [7, 11) is 0. The number of benzene rings is 3. The molecule has 0 aliphatic rings. The largest absolute Gasteiger partial charge is 0.490 e. The van der Waals surface area contributed by atoms with E-state index in [2.05, 4.69) is 10.5 Å². The highest BCUT2D eigenvalue weighted by atomic mass is 35.5. The van der Waals surface area contributed by atoms with Crippen LogP contribution in [0, 0.1) is 0 Å². The van der Waals surface area contributed by atoms with E-state index in [4.69, 9.17) is 32.7 Å². The van der Waals surface area contributed by atoms with Gasteiger partial charge in [0.05, 0.1) is 24.4 Å². The number of hydrogen-bond donors (Lipinski definition) is 1. The predicted molar refractivity (Wildman–Crippen MR) is 119 cm³/mol. The Morgan fingerprint density at radius 2 is 1.69 bits per heavy atom. The molecule has 3 rings (SSSR count). The molecule has 0 spiro atoms. The summed E-state index contributed by atoms with van der Waals surface area (Å²) >= 11 is 12.4. The first kappa shape index (κ1) is 21.0. The molecule has 0 amide bonds. The first-order chi connectivity index (χ1) is 14.2. The maximum atomic E-state index is 6.46. The molecular formula is C23H22Cl2N2O2. The Kier molecular flexibility index (Phi) is 7.79. The molecule has 6 heteroatoms. The summed E-state index contributed by atoms with van der Waals surface area (Å²) in [5.41, 5.74) is 5.97. The van der Waals surface area contributed by atoms with Gasteiger partial charge in [-0.15, -0.1) is 0 Å². The number of hydrazone groups is 1. The Bertz CT molecular complexity index is 945. The molecule has 3 aromatic rings. The lowest BCUT2D eigenvalue weighted by atomic mass is 10.2. The second-order valence-electron chi connectivity index (χ2n) is 6.26. The summed E-state index contributed by atoms with van der Waals surface area (Å²) < 4.78 is 11.7. The van der Waals surface area contributed by atoms with Crippen LogP contribution in [0.25, 0.3) is 0 Å². The van der Waals surface area contributed by atoms with Gasteiger partial charge in [0.1, 0.15) is 6.61 Å². The minimum absolute atomic E-state index is 0.413. The normalized spacial score (nSPS) is 10.9. The van der Waals surface area contributed by atoms with Gasteiger partial charge in [0, 0.05) is 5.02 Å². The average molecular weight is 429 g/mol. The van der Waals surface area contributed by atoms with Gasteiger partial charge in [-0.25, -0.2) is 0 Å². The van der Waals surface area contributed by atoms with Crippen LogP contribution in [0.1, 0.15) is 23.6 Å². The first-order valence-electron chi connectivity index (χ1n) is 9.29. The molecule has 3 aromatic carbocycles. The molecule has 0 aliphatic heterocycles. The number of ether oxygens (including phenoxy) is 2. The van der Waals surface area contributed by atoms with Gasteiger partial charge in [-0.3, -0.25) is 0 Å². The van der Waals surface area contributed by atoms with Gasteiger partial charge in [0.25, 0.3) is 0 Å². The molecule has 0 aromatic heterocycles. The highest BCUT2D eigenvalue weighted by Gasteiger charge is 2.12. The third kappa shape index (κ3) is 6.41. The van der Waals surface area contributed by atoms with E-state index in [-0.39, 0.29) is 0 Å². The van der Waals surface area contributed by atoms with Crippen LogP contribution in [0.5, 0.6) is 11.5 Å². The first-order valence-corrected chi connectivity index (χ1v) is 10.0. The van der Waals surface area contributed by atoms with E-state index in [1.54, 1.807) is 12.3 Å². The molecule has 150 valence electrons. The van der Waals surface area contributed by atoms with E-state index in [0.717, 1.165) is 16.7 Å². The molecule has 0 heterocycles. The second-order valence-corrected chi connectivity index (χ2v) is 7.10. The van der Waals surface area contributed by atoms with Gasteiger partial charge in [-0.1, -0.05) is 65.7 Å². The highest BCUT2D eigenvalue weighted by Crippen LogP contribution is 2.37. The fourth-order valence-corrected chi connectivity index (χ4v) is 3.05. The van der Waals surface area contributed by atoms with Crippen LogP contribution >= 0.6 is 23.2 Å². The topological polar surface area (TPSA) is 42.8 Å². The number of hydrogen-bond acceptors (Lipinski definition) is 4. The van der Waals surface area contributed by atoms with E-state index < -0.39 is 0 Å². The van der Waals surface area contributed by atoms with Gasteiger partial charge in [-0.05, 0) is 47.9 Å². The van der Waals surface area contributed by atoms with E-state index >= 15 is 0 Å². The van der Waals surface area contributed by atoms with Gasteiger partial charge < -0.3 is 14.9 Å². The van der Waals surface area contributed by atoms with Crippen LogP contribution in [0.2, 0.25) is 10.0 Å². The molecule has 29 heavy (non-hydrogen) atoms. The van der Waals surface area contributed by atoms with Crippen molar-refractivity contribution >= 4 is 29.4 Å². The smallest absolute Gasteiger partial charge is 0.180 e. The minimum Gasteiger partial charge on any atom is -0.490 e. The zero-order valence-corrected chi connectivity index (χ0v) is 17.6. The molecule has 0 radical (unpaired) electrons. The zero-order chi connectivity index (χ0) is 20.5. The monoisotopic (exact) mass is 428 g/mol. The van der Waals surface area contributed by atoms with Crippen molar-refractivity contribution in [2.75, 3.05) is 6.61 Å². The molecule has 4 nitrogen and oxygen atoms in total. The van der Waals surface area contributed by atoms with Gasteiger partial charge in [0.15, 0.2) is 11.5 Å². The maximum Gasteiger partial charge on any atom is 0.180 e. The third-order valence-corrected chi connectivity index (χ3v) is 4.59. The average Bonchev–Trinajstić information content (AvgIpc) is 2.73. The van der Waals surface area contributed by atoms with Crippen molar-refractivity contribution in [3.8, 4) is 11.5 Å². The summed E-state index contributed by atoms with van der Waals surface area (Å²) in [5, 5.41) is 5.45. The van der Waals surface area contributed by atoms with Crippen molar-refractivity contribution in [2.24, 2.45) is 5.10 Å². The summed E-state index contributed by atoms with van der Waals surface area (Å²) in [5.74, 6) is 1.12. The molecule has 0 bridgehead atoms. The van der Waals surface area contributed by atoms with Crippen molar-refractivity contribution < 1.29 is 9.47 Å². The zero-order valence-electron chi connectivity index (χ0n) is 16.1. The minimum atomic E-state index is 0.413. The van der Waals surface area contributed by atoms with Crippen molar-refractivity contribution in [1.82, 2.24) is 5.43 Å². The number of nitrogens with one attached hydrogen (secondary N) is 1. The molecule has 0 fully saturated rings.